The number of pyridine rings is 1. The predicted molar refractivity (Wildman–Crippen MR) is 124 cm³/mol. The first-order chi connectivity index (χ1) is 14.8. The minimum atomic E-state index is -0.226. The maximum absolute atomic E-state index is 12.4. The van der Waals surface area contributed by atoms with Crippen LogP contribution in [0.4, 0.5) is 11.4 Å². The predicted octanol–water partition coefficient (Wildman–Crippen LogP) is 4.90. The van der Waals surface area contributed by atoms with Crippen molar-refractivity contribution in [2.24, 2.45) is 0 Å². The monoisotopic (exact) mass is 414 g/mol. The van der Waals surface area contributed by atoms with Crippen LogP contribution in [0.2, 0.25) is 0 Å². The Balaban J connectivity index is 1.45. The van der Waals surface area contributed by atoms with Gasteiger partial charge in [0.15, 0.2) is 18.0 Å². The molecule has 4 rings (SSSR count). The lowest BCUT2D eigenvalue weighted by Crippen LogP contribution is -2.20. The summed E-state index contributed by atoms with van der Waals surface area (Å²) in [6.07, 6.45) is 3.82. The van der Waals surface area contributed by atoms with E-state index < -0.39 is 0 Å². The van der Waals surface area contributed by atoms with E-state index in [1.165, 1.54) is 5.56 Å². The van der Waals surface area contributed by atoms with E-state index in [1.807, 2.05) is 71.4 Å². The molecule has 0 unspecified atom stereocenters. The van der Waals surface area contributed by atoms with Crippen molar-refractivity contribution < 1.29 is 9.53 Å². The van der Waals surface area contributed by atoms with Gasteiger partial charge in [-0.15, -0.1) is 0 Å². The summed E-state index contributed by atoms with van der Waals surface area (Å²) in [6, 6.07) is 19.1. The van der Waals surface area contributed by atoms with Crippen molar-refractivity contribution in [2.75, 3.05) is 17.7 Å². The number of anilines is 2. The number of fused-ring (bicyclic) bond motifs is 1. The van der Waals surface area contributed by atoms with E-state index in [4.69, 9.17) is 10.5 Å². The summed E-state index contributed by atoms with van der Waals surface area (Å²) in [7, 11) is 0. The molecule has 158 valence electrons. The van der Waals surface area contributed by atoms with E-state index in [2.05, 4.69) is 31.1 Å². The zero-order valence-corrected chi connectivity index (χ0v) is 17.9. The van der Waals surface area contributed by atoms with Crippen LogP contribution in [0.5, 0.6) is 5.75 Å². The van der Waals surface area contributed by atoms with Gasteiger partial charge in [-0.05, 0) is 47.4 Å². The van der Waals surface area contributed by atoms with Gasteiger partial charge in [0.1, 0.15) is 0 Å². The van der Waals surface area contributed by atoms with Crippen LogP contribution in [0.3, 0.4) is 0 Å². The molecule has 4 aromatic rings. The molecule has 31 heavy (non-hydrogen) atoms. The van der Waals surface area contributed by atoms with Crippen LogP contribution < -0.4 is 15.8 Å². The fourth-order valence-electron chi connectivity index (χ4n) is 3.29. The second-order valence-electron chi connectivity index (χ2n) is 8.52. The summed E-state index contributed by atoms with van der Waals surface area (Å²) in [4.78, 5) is 17.1. The number of nitrogens with two attached hydrogens (primary N) is 1. The molecule has 0 fully saturated rings. The second-order valence-corrected chi connectivity index (χ2v) is 8.52. The van der Waals surface area contributed by atoms with Crippen molar-refractivity contribution in [1.82, 2.24) is 9.38 Å². The second kappa shape index (κ2) is 8.14. The van der Waals surface area contributed by atoms with Gasteiger partial charge in [-0.2, -0.15) is 0 Å². The largest absolute Gasteiger partial charge is 0.480 e. The van der Waals surface area contributed by atoms with Crippen LogP contribution in [0.25, 0.3) is 16.9 Å². The number of imidazole rings is 1. The van der Waals surface area contributed by atoms with Crippen LogP contribution in [0, 0.1) is 0 Å². The Bertz CT molecular complexity index is 1200. The molecule has 3 N–H and O–H groups in total. The molecule has 0 bridgehead atoms. The summed E-state index contributed by atoms with van der Waals surface area (Å²) >= 11 is 0. The number of nitrogens with zero attached hydrogens (tertiary/aromatic N) is 2. The quantitative estimate of drug-likeness (QED) is 0.455. The zero-order chi connectivity index (χ0) is 22.0. The van der Waals surface area contributed by atoms with Crippen molar-refractivity contribution in [3.63, 3.8) is 0 Å². The lowest BCUT2D eigenvalue weighted by molar-refractivity contribution is -0.118. The lowest BCUT2D eigenvalue weighted by atomic mass is 9.87. The van der Waals surface area contributed by atoms with Crippen LogP contribution in [-0.4, -0.2) is 21.9 Å². The molecule has 0 radical (unpaired) electrons. The number of carbonyl (C=O) groups is 1. The Morgan fingerprint density at radius 2 is 1.77 bits per heavy atom. The van der Waals surface area contributed by atoms with Gasteiger partial charge in [-0.25, -0.2) is 4.98 Å². The Kier molecular flexibility index (Phi) is 5.38. The number of carbonyl (C=O) groups excluding carboxylic acids is 1. The van der Waals surface area contributed by atoms with Gasteiger partial charge >= 0.3 is 0 Å². The normalized spacial score (nSPS) is 11.5. The summed E-state index contributed by atoms with van der Waals surface area (Å²) in [5.41, 5.74) is 10.9. The number of hydrogen-bond donors (Lipinski definition) is 2. The van der Waals surface area contributed by atoms with Crippen LogP contribution in [0.15, 0.2) is 73.1 Å². The first-order valence-corrected chi connectivity index (χ1v) is 10.2. The third kappa shape index (κ3) is 4.69. The highest BCUT2D eigenvalue weighted by molar-refractivity contribution is 5.92. The molecular weight excluding hydrogens is 388 g/mol. The minimum absolute atomic E-state index is 0.0692. The number of nitrogens with one attached hydrogen (secondary N) is 1. The summed E-state index contributed by atoms with van der Waals surface area (Å²) in [6.45, 7) is 6.36. The molecule has 0 spiro atoms. The molecule has 6 nitrogen and oxygen atoms in total. The molecule has 0 aliphatic carbocycles. The van der Waals surface area contributed by atoms with E-state index in [-0.39, 0.29) is 17.9 Å². The Hall–Kier alpha value is -3.80. The number of rotatable bonds is 5. The molecule has 2 heterocycles. The highest BCUT2D eigenvalue weighted by Gasteiger charge is 2.14. The molecule has 0 aliphatic rings. The van der Waals surface area contributed by atoms with E-state index in [0.29, 0.717) is 17.1 Å². The third-order valence-corrected chi connectivity index (χ3v) is 5.05. The van der Waals surface area contributed by atoms with Gasteiger partial charge in [0.25, 0.3) is 5.91 Å². The van der Waals surface area contributed by atoms with Gasteiger partial charge < -0.3 is 20.2 Å². The van der Waals surface area contributed by atoms with Crippen molar-refractivity contribution in [3.05, 3.63) is 78.6 Å². The van der Waals surface area contributed by atoms with Crippen LogP contribution in [0.1, 0.15) is 26.3 Å². The molecule has 6 heteroatoms. The fourth-order valence-corrected chi connectivity index (χ4v) is 3.29. The average molecular weight is 415 g/mol. The fraction of sp³-hybridized carbons (Fsp3) is 0.200. The molecular formula is C25H26N4O2. The number of benzene rings is 2. The maximum atomic E-state index is 12.4. The zero-order valence-electron chi connectivity index (χ0n) is 17.9. The summed E-state index contributed by atoms with van der Waals surface area (Å²) in [5.74, 6) is 0.318. The number of hydrogen-bond acceptors (Lipinski definition) is 4. The standard InChI is InChI=1S/C25H26N4O2/c1-25(2,3)18-8-12-20(13-9-18)27-23(30)16-31-22-5-4-14-29-15-21(28-24(22)29)17-6-10-19(26)11-7-17/h4-15H,16,26H2,1-3H3,(H,27,30). The van der Waals surface area contributed by atoms with E-state index in [1.54, 1.807) is 6.07 Å². The number of ether oxygens (including phenoxy) is 1. The molecule has 0 saturated carbocycles. The molecule has 0 saturated heterocycles. The summed E-state index contributed by atoms with van der Waals surface area (Å²) in [5, 5.41) is 2.87. The summed E-state index contributed by atoms with van der Waals surface area (Å²) < 4.78 is 7.66. The highest BCUT2D eigenvalue weighted by atomic mass is 16.5. The van der Waals surface area contributed by atoms with Gasteiger partial charge in [0.2, 0.25) is 0 Å². The number of aromatic nitrogens is 2. The first-order valence-electron chi connectivity index (χ1n) is 10.2. The topological polar surface area (TPSA) is 81.6 Å². The molecule has 0 aliphatic heterocycles. The molecule has 1 amide bonds. The van der Waals surface area contributed by atoms with Crippen molar-refractivity contribution in [2.45, 2.75) is 26.2 Å². The molecule has 0 atom stereocenters. The van der Waals surface area contributed by atoms with Crippen molar-refractivity contribution in [3.8, 4) is 17.0 Å². The number of amides is 1. The SMILES string of the molecule is CC(C)(C)c1ccc(NC(=O)COc2cccn3cc(-c4ccc(N)cc4)nc23)cc1. The Morgan fingerprint density at radius 3 is 2.45 bits per heavy atom. The average Bonchev–Trinajstić information content (AvgIpc) is 3.17. The van der Waals surface area contributed by atoms with E-state index in [9.17, 15) is 4.79 Å². The smallest absolute Gasteiger partial charge is 0.262 e. The Labute approximate surface area is 181 Å². The number of nitrogen functional groups attached to an aromatic ring is 1. The lowest BCUT2D eigenvalue weighted by Gasteiger charge is -2.19. The van der Waals surface area contributed by atoms with Gasteiger partial charge in [0, 0.05) is 29.3 Å². The molecule has 2 aromatic carbocycles. The third-order valence-electron chi connectivity index (χ3n) is 5.05. The van der Waals surface area contributed by atoms with Crippen molar-refractivity contribution >= 4 is 22.9 Å². The first kappa shape index (κ1) is 20.5. The van der Waals surface area contributed by atoms with Crippen LogP contribution in [-0.2, 0) is 10.2 Å². The minimum Gasteiger partial charge on any atom is -0.480 e. The maximum Gasteiger partial charge on any atom is 0.262 e. The Morgan fingerprint density at radius 1 is 1.06 bits per heavy atom. The van der Waals surface area contributed by atoms with Crippen molar-refractivity contribution in [1.29, 1.82) is 0 Å². The van der Waals surface area contributed by atoms with Gasteiger partial charge in [-0.1, -0.05) is 45.0 Å². The van der Waals surface area contributed by atoms with E-state index in [0.717, 1.165) is 16.9 Å². The van der Waals surface area contributed by atoms with E-state index >= 15 is 0 Å². The van der Waals surface area contributed by atoms with Crippen LogP contribution >= 0.6 is 0 Å². The highest BCUT2D eigenvalue weighted by Crippen LogP contribution is 2.26. The van der Waals surface area contributed by atoms with Gasteiger partial charge in [-0.3, -0.25) is 4.79 Å². The molecule has 2 aromatic heterocycles. The van der Waals surface area contributed by atoms with Gasteiger partial charge in [0.05, 0.1) is 5.69 Å².